The Kier molecular flexibility index (Phi) is 36.2. The fourth-order valence-electron chi connectivity index (χ4n) is 19.4. The van der Waals surface area contributed by atoms with E-state index >= 15 is 0 Å². The molecular weight excluding hydrogens is 1630 g/mol. The summed E-state index contributed by atoms with van der Waals surface area (Å²) in [5.41, 5.74) is 13.8. The number of fused-ring (bicyclic) bond motifs is 10. The SMILES string of the molecule is CCCCCCCCCCCCOc1cccc(OCCCCCCCCCCCC)c1-c1c2nc(c(C#Cc3c4ccccc4c(C#Cc4ccc5ccc6cccc7ccc4c5c67)c4ccccc34)c3ccc([nH]3)c(-c3c(OCCCCCCCCCCCC)cccc3OCCCCCCCCCCCC)c3nc(c(C#Cc4ccc(C(=O)O)cc4)c4ccc1[nH]4)C=C3)C=C2. The van der Waals surface area contributed by atoms with E-state index in [2.05, 4.69) is 261 Å². The summed E-state index contributed by atoms with van der Waals surface area (Å²) >= 11 is 0. The number of unbranched alkanes of at least 4 members (excludes halogenated alkanes) is 36. The highest BCUT2D eigenvalue weighted by molar-refractivity contribution is 6.24. The van der Waals surface area contributed by atoms with Crippen molar-refractivity contribution in [1.29, 1.82) is 0 Å². The van der Waals surface area contributed by atoms with Gasteiger partial charge in [-0.3, -0.25) is 0 Å². The third kappa shape index (κ3) is 25.4. The van der Waals surface area contributed by atoms with Crippen LogP contribution in [0.25, 0.3) is 122 Å². The fourth-order valence-corrected chi connectivity index (χ4v) is 19.4. The van der Waals surface area contributed by atoms with Gasteiger partial charge in [-0.25, -0.2) is 14.8 Å². The number of nitrogens with zero attached hydrogens (tertiary/aromatic N) is 2. The number of hydrogen-bond acceptors (Lipinski definition) is 7. The van der Waals surface area contributed by atoms with Crippen LogP contribution in [0.5, 0.6) is 23.0 Å². The molecular formula is C123H138N4O6. The first-order chi connectivity index (χ1) is 65.8. The molecule has 0 saturated heterocycles. The first kappa shape index (κ1) is 95.3. The van der Waals surface area contributed by atoms with E-state index in [-0.39, 0.29) is 5.56 Å². The molecule has 2 aliphatic heterocycles. The van der Waals surface area contributed by atoms with Gasteiger partial charge in [-0.15, -0.1) is 0 Å². The van der Waals surface area contributed by atoms with Crippen LogP contribution in [0.4, 0.5) is 0 Å². The predicted octanol–water partition coefficient (Wildman–Crippen LogP) is 34.3. The van der Waals surface area contributed by atoms with Crippen molar-refractivity contribution in [2.45, 2.75) is 285 Å². The highest BCUT2D eigenvalue weighted by atomic mass is 16.5. The van der Waals surface area contributed by atoms with Crippen LogP contribution in [0.3, 0.4) is 0 Å². The Balaban J connectivity index is 0.922. The highest BCUT2D eigenvalue weighted by Gasteiger charge is 2.26. The fraction of sp³-hybridized carbons (Fsp3) is 0.390. The molecule has 3 N–H and O–H groups in total. The first-order valence-electron chi connectivity index (χ1n) is 51.2. The van der Waals surface area contributed by atoms with Gasteiger partial charge in [-0.2, -0.15) is 0 Å². The maximum absolute atomic E-state index is 12.3. The van der Waals surface area contributed by atoms with Crippen molar-refractivity contribution in [2.75, 3.05) is 26.4 Å². The van der Waals surface area contributed by atoms with Gasteiger partial charge in [0, 0.05) is 44.4 Å². The number of aromatic amines is 2. The van der Waals surface area contributed by atoms with E-state index in [4.69, 9.17) is 28.9 Å². The molecule has 686 valence electrons. The summed E-state index contributed by atoms with van der Waals surface area (Å²) in [5, 5.41) is 21.4. The summed E-state index contributed by atoms with van der Waals surface area (Å²) in [5.74, 6) is 24.4. The molecule has 3 aromatic heterocycles. The summed E-state index contributed by atoms with van der Waals surface area (Å²) in [6.45, 7) is 11.3. The van der Waals surface area contributed by atoms with Crippen molar-refractivity contribution < 1.29 is 28.8 Å². The van der Waals surface area contributed by atoms with Crippen molar-refractivity contribution in [3.05, 3.63) is 250 Å². The van der Waals surface area contributed by atoms with Crippen LogP contribution in [0.15, 0.2) is 188 Å². The lowest BCUT2D eigenvalue weighted by Crippen LogP contribution is -2.04. The minimum Gasteiger partial charge on any atom is -0.493 e. The second-order valence-electron chi connectivity index (χ2n) is 36.8. The van der Waals surface area contributed by atoms with E-state index in [1.165, 1.54) is 232 Å². The van der Waals surface area contributed by atoms with Crippen molar-refractivity contribution in [3.8, 4) is 80.8 Å². The average molecular weight is 1770 g/mol. The number of ether oxygens (including phenoxy) is 4. The Hall–Kier alpha value is -12.3. The summed E-state index contributed by atoms with van der Waals surface area (Å²) in [6.07, 6.45) is 57.0. The molecule has 0 aliphatic carbocycles. The van der Waals surface area contributed by atoms with Crippen LogP contribution in [0.2, 0.25) is 0 Å². The Morgan fingerprint density at radius 2 is 0.579 bits per heavy atom. The van der Waals surface area contributed by atoms with Gasteiger partial charge in [0.05, 0.1) is 88.1 Å². The number of aromatic carboxylic acids is 1. The monoisotopic (exact) mass is 1770 g/mol. The summed E-state index contributed by atoms with van der Waals surface area (Å²) < 4.78 is 28.7. The topological polar surface area (TPSA) is 132 Å². The molecule has 0 amide bonds. The normalized spacial score (nSPS) is 11.7. The Morgan fingerprint density at radius 3 is 0.955 bits per heavy atom. The zero-order valence-corrected chi connectivity index (χ0v) is 79.7. The third-order valence-electron chi connectivity index (χ3n) is 26.8. The minimum atomic E-state index is -1.000. The number of carbonyl (C=O) groups is 1. The third-order valence-corrected chi connectivity index (χ3v) is 26.8. The molecule has 133 heavy (non-hydrogen) atoms. The van der Waals surface area contributed by atoms with Crippen LogP contribution in [0.1, 0.15) is 351 Å². The average Bonchev–Trinajstić information content (AvgIpc) is 1.32. The largest absolute Gasteiger partial charge is 0.493 e. The van der Waals surface area contributed by atoms with E-state index in [1.54, 1.807) is 24.3 Å². The number of carboxylic acids is 1. The van der Waals surface area contributed by atoms with Gasteiger partial charge in [-0.1, -0.05) is 404 Å². The van der Waals surface area contributed by atoms with Crippen LogP contribution >= 0.6 is 0 Å². The maximum Gasteiger partial charge on any atom is 0.335 e. The van der Waals surface area contributed by atoms with Gasteiger partial charge in [0.2, 0.25) is 0 Å². The van der Waals surface area contributed by atoms with Gasteiger partial charge >= 0.3 is 5.97 Å². The molecule has 10 aromatic carbocycles. The zero-order chi connectivity index (χ0) is 91.4. The van der Waals surface area contributed by atoms with Crippen molar-refractivity contribution in [1.82, 2.24) is 19.9 Å². The van der Waals surface area contributed by atoms with Crippen molar-refractivity contribution >= 4 is 106 Å². The number of H-pyrrole nitrogens is 2. The summed E-state index contributed by atoms with van der Waals surface area (Å²) in [7, 11) is 0. The molecule has 0 spiro atoms. The molecule has 5 heterocycles. The molecule has 0 atom stereocenters. The number of hydrogen-bond donors (Lipinski definition) is 3. The standard InChI is InChI=1S/C123H138N4O6/c1-5-9-13-17-21-25-29-33-37-45-86-130-113-58-50-59-114(131-87-46-38-34-30-26-22-18-14-10-6-2)121(113)119-109-82-78-105(124-109)103(73-64-90-62-65-95(66-63-90)123(128)129)106-79-83-110(125-106)120(122-115(132-88-47-39-35-31-27-23-19-15-11-7-3)60-51-61-116(122)133-89-48-40-36-32-28-24-20-16-12-8-4)112-85-81-108(127-112)104(107-80-84-111(119)126-107)77-76-102-99-56-43-41-54-97(99)101(98-55-42-44-57-100(98)102)75-71-91-67-68-94-70-69-92-52-49-53-93-72-74-96(91)118(94)117(92)93/h41-44,49-63,65-70,72,74,78-85,124,127H,5-40,45-48,86-89H2,1-4H3,(H,128,129). The maximum atomic E-state index is 12.3. The Bertz CT molecular complexity index is 6240. The Morgan fingerprint density at radius 1 is 0.271 bits per heavy atom. The van der Waals surface area contributed by atoms with Gasteiger partial charge in [0.25, 0.3) is 0 Å². The van der Waals surface area contributed by atoms with E-state index < -0.39 is 5.97 Å². The van der Waals surface area contributed by atoms with E-state index in [9.17, 15) is 9.90 Å². The van der Waals surface area contributed by atoms with E-state index in [0.717, 1.165) is 134 Å². The number of nitrogens with one attached hydrogen (secondary N) is 2. The van der Waals surface area contributed by atoms with Gasteiger partial charge in [-0.05, 0) is 183 Å². The van der Waals surface area contributed by atoms with Crippen LogP contribution < -0.4 is 18.9 Å². The molecule has 8 bridgehead atoms. The number of aromatic nitrogens is 4. The van der Waals surface area contributed by atoms with E-state index in [1.807, 2.05) is 0 Å². The van der Waals surface area contributed by atoms with Crippen LogP contribution in [-0.4, -0.2) is 57.4 Å². The lowest BCUT2D eigenvalue weighted by molar-refractivity contribution is 0.0696. The number of rotatable bonds is 51. The van der Waals surface area contributed by atoms with Gasteiger partial charge < -0.3 is 34.0 Å². The molecule has 0 saturated carbocycles. The lowest BCUT2D eigenvalue weighted by Gasteiger charge is -2.18. The quantitative estimate of drug-likeness (QED) is 0.0149. The van der Waals surface area contributed by atoms with Gasteiger partial charge in [0.15, 0.2) is 0 Å². The van der Waals surface area contributed by atoms with Crippen LogP contribution in [0, 0.1) is 35.5 Å². The minimum absolute atomic E-state index is 0.185. The lowest BCUT2D eigenvalue weighted by atomic mass is 9.90. The predicted molar refractivity (Wildman–Crippen MR) is 562 cm³/mol. The van der Waals surface area contributed by atoms with Crippen molar-refractivity contribution in [3.63, 3.8) is 0 Å². The number of benzene rings is 10. The van der Waals surface area contributed by atoms with E-state index in [0.29, 0.717) is 94.4 Å². The second kappa shape index (κ2) is 50.5. The van der Waals surface area contributed by atoms with Crippen LogP contribution in [-0.2, 0) is 0 Å². The Labute approximate surface area is 791 Å². The van der Waals surface area contributed by atoms with Crippen molar-refractivity contribution in [2.24, 2.45) is 0 Å². The molecule has 13 aromatic rings. The smallest absolute Gasteiger partial charge is 0.335 e. The molecule has 15 rings (SSSR count). The second-order valence-corrected chi connectivity index (χ2v) is 36.8. The first-order valence-corrected chi connectivity index (χ1v) is 51.2. The molecule has 0 radical (unpaired) electrons. The highest BCUT2D eigenvalue weighted by Crippen LogP contribution is 2.47. The molecule has 0 fully saturated rings. The molecule has 10 heteroatoms. The summed E-state index contributed by atoms with van der Waals surface area (Å²) in [6, 6.07) is 65.0. The zero-order valence-electron chi connectivity index (χ0n) is 79.7. The molecule has 10 nitrogen and oxygen atoms in total. The summed E-state index contributed by atoms with van der Waals surface area (Å²) in [4.78, 5) is 32.1. The van der Waals surface area contributed by atoms with Gasteiger partial charge in [0.1, 0.15) is 23.0 Å². The number of carboxylic acid groups (broad SMARTS) is 1. The molecule has 2 aliphatic rings. The molecule has 0 unspecified atom stereocenters.